The van der Waals surface area contributed by atoms with Crippen molar-refractivity contribution in [1.82, 2.24) is 5.32 Å². The van der Waals surface area contributed by atoms with E-state index in [0.29, 0.717) is 24.1 Å². The summed E-state index contributed by atoms with van der Waals surface area (Å²) in [5.41, 5.74) is -0.651. The molecular weight excluding hydrogens is 243 g/mol. The molecule has 0 radical (unpaired) electrons. The first-order chi connectivity index (χ1) is 8.33. The molecule has 1 saturated heterocycles. The summed E-state index contributed by atoms with van der Waals surface area (Å²) in [6.07, 6.45) is -2.94. The Morgan fingerprint density at radius 3 is 2.56 bits per heavy atom. The van der Waals surface area contributed by atoms with Crippen LogP contribution in [0, 0.1) is 6.92 Å². The quantitative estimate of drug-likeness (QED) is 0.812. The molecule has 1 aromatic rings. The molecule has 1 aromatic carbocycles. The predicted octanol–water partition coefficient (Wildman–Crippen LogP) is 2.58. The van der Waals surface area contributed by atoms with Gasteiger partial charge in [-0.05, 0) is 49.6 Å². The molecule has 2 N–H and O–H groups in total. The summed E-state index contributed by atoms with van der Waals surface area (Å²) in [6.45, 7) is 2.83. The van der Waals surface area contributed by atoms with Gasteiger partial charge in [-0.3, -0.25) is 0 Å². The Hall–Kier alpha value is -1.07. The van der Waals surface area contributed by atoms with Gasteiger partial charge in [0, 0.05) is 6.54 Å². The van der Waals surface area contributed by atoms with E-state index in [1.165, 1.54) is 6.07 Å². The topological polar surface area (TPSA) is 32.3 Å². The van der Waals surface area contributed by atoms with Gasteiger partial charge >= 0.3 is 6.18 Å². The van der Waals surface area contributed by atoms with E-state index in [1.54, 1.807) is 6.92 Å². The average Bonchev–Trinajstić information content (AvgIpc) is 2.28. The summed E-state index contributed by atoms with van der Waals surface area (Å²) in [5, 5.41) is 13.5. The third-order valence-corrected chi connectivity index (χ3v) is 3.42. The van der Waals surface area contributed by atoms with Crippen molar-refractivity contribution >= 4 is 0 Å². The maximum atomic E-state index is 12.6. The molecule has 1 aliphatic heterocycles. The number of nitrogens with one attached hydrogen (secondary N) is 1. The lowest BCUT2D eigenvalue weighted by molar-refractivity contribution is -0.137. The van der Waals surface area contributed by atoms with Gasteiger partial charge in [-0.1, -0.05) is 6.07 Å². The molecule has 100 valence electrons. The van der Waals surface area contributed by atoms with E-state index in [1.807, 2.05) is 0 Å². The molecule has 0 amide bonds. The van der Waals surface area contributed by atoms with Gasteiger partial charge in [0.05, 0.1) is 5.56 Å². The smallest absolute Gasteiger partial charge is 0.384 e. The summed E-state index contributed by atoms with van der Waals surface area (Å²) < 4.78 is 37.7. The van der Waals surface area contributed by atoms with Crippen LogP contribution in [0.4, 0.5) is 13.2 Å². The lowest BCUT2D eigenvalue weighted by Gasteiger charge is -2.34. The normalized spacial score (nSPS) is 25.2. The Bertz CT molecular complexity index is 436. The zero-order valence-electron chi connectivity index (χ0n) is 10.1. The molecule has 1 fully saturated rings. The van der Waals surface area contributed by atoms with E-state index < -0.39 is 17.3 Å². The molecule has 0 aliphatic carbocycles. The second kappa shape index (κ2) is 4.55. The fourth-order valence-corrected chi connectivity index (χ4v) is 2.48. The maximum absolute atomic E-state index is 12.6. The second-order valence-corrected chi connectivity index (χ2v) is 4.84. The number of alkyl halides is 3. The van der Waals surface area contributed by atoms with Crippen LogP contribution in [0.1, 0.15) is 29.5 Å². The molecule has 1 heterocycles. The third kappa shape index (κ3) is 2.52. The van der Waals surface area contributed by atoms with Crippen LogP contribution in [0.3, 0.4) is 0 Å². The minimum Gasteiger partial charge on any atom is -0.384 e. The van der Waals surface area contributed by atoms with Crippen molar-refractivity contribution in [3.63, 3.8) is 0 Å². The number of aryl methyl sites for hydroxylation is 1. The van der Waals surface area contributed by atoms with Gasteiger partial charge in [-0.25, -0.2) is 0 Å². The number of β-amino-alcohol motifs (C(OH)–C–C–N with tert-alkyl or cyclic N) is 1. The fourth-order valence-electron chi connectivity index (χ4n) is 2.48. The van der Waals surface area contributed by atoms with Crippen molar-refractivity contribution in [3.05, 3.63) is 34.9 Å². The van der Waals surface area contributed by atoms with E-state index in [4.69, 9.17) is 0 Å². The first kappa shape index (κ1) is 13.4. The highest BCUT2D eigenvalue weighted by Crippen LogP contribution is 2.35. The van der Waals surface area contributed by atoms with Crippen LogP contribution in [-0.2, 0) is 11.8 Å². The monoisotopic (exact) mass is 259 g/mol. The largest absolute Gasteiger partial charge is 0.416 e. The van der Waals surface area contributed by atoms with Crippen LogP contribution in [0.2, 0.25) is 0 Å². The minimum absolute atomic E-state index is 0.388. The second-order valence-electron chi connectivity index (χ2n) is 4.84. The van der Waals surface area contributed by atoms with Crippen molar-refractivity contribution in [1.29, 1.82) is 0 Å². The average molecular weight is 259 g/mol. The van der Waals surface area contributed by atoms with Crippen LogP contribution in [0.15, 0.2) is 18.2 Å². The lowest BCUT2D eigenvalue weighted by atomic mass is 9.83. The van der Waals surface area contributed by atoms with E-state index in [-0.39, 0.29) is 0 Å². The SMILES string of the molecule is Cc1cc(C(F)(F)F)ccc1C1(O)CCCNC1. The van der Waals surface area contributed by atoms with Crippen LogP contribution in [0.5, 0.6) is 0 Å². The molecule has 18 heavy (non-hydrogen) atoms. The molecule has 0 aromatic heterocycles. The highest BCUT2D eigenvalue weighted by atomic mass is 19.4. The molecular formula is C13H16F3NO. The van der Waals surface area contributed by atoms with Crippen LogP contribution in [0.25, 0.3) is 0 Å². The molecule has 1 atom stereocenters. The lowest BCUT2D eigenvalue weighted by Crippen LogP contribution is -2.43. The molecule has 2 nitrogen and oxygen atoms in total. The summed E-state index contributed by atoms with van der Waals surface area (Å²) in [6, 6.07) is 3.53. The van der Waals surface area contributed by atoms with Gasteiger partial charge in [0.1, 0.15) is 5.60 Å². The van der Waals surface area contributed by atoms with E-state index in [0.717, 1.165) is 25.1 Å². The summed E-state index contributed by atoms with van der Waals surface area (Å²) in [7, 11) is 0. The highest BCUT2D eigenvalue weighted by Gasteiger charge is 2.35. The number of rotatable bonds is 1. The van der Waals surface area contributed by atoms with Crippen LogP contribution < -0.4 is 5.32 Å². The Morgan fingerprint density at radius 2 is 2.06 bits per heavy atom. The van der Waals surface area contributed by atoms with Crippen molar-refractivity contribution in [2.24, 2.45) is 0 Å². The third-order valence-electron chi connectivity index (χ3n) is 3.42. The Labute approximate surface area is 104 Å². The summed E-state index contributed by atoms with van der Waals surface area (Å²) >= 11 is 0. The molecule has 1 unspecified atom stereocenters. The number of hydrogen-bond acceptors (Lipinski definition) is 2. The molecule has 1 aliphatic rings. The van der Waals surface area contributed by atoms with Crippen LogP contribution >= 0.6 is 0 Å². The van der Waals surface area contributed by atoms with Gasteiger partial charge in [-0.15, -0.1) is 0 Å². The van der Waals surface area contributed by atoms with E-state index in [9.17, 15) is 18.3 Å². The van der Waals surface area contributed by atoms with E-state index >= 15 is 0 Å². The number of piperidine rings is 1. The van der Waals surface area contributed by atoms with Crippen molar-refractivity contribution in [2.45, 2.75) is 31.5 Å². The Morgan fingerprint density at radius 1 is 1.33 bits per heavy atom. The van der Waals surface area contributed by atoms with Gasteiger partial charge in [0.15, 0.2) is 0 Å². The maximum Gasteiger partial charge on any atom is 0.416 e. The molecule has 0 spiro atoms. The van der Waals surface area contributed by atoms with Crippen molar-refractivity contribution in [3.8, 4) is 0 Å². The van der Waals surface area contributed by atoms with Gasteiger partial charge in [0.25, 0.3) is 0 Å². The molecule has 0 saturated carbocycles. The van der Waals surface area contributed by atoms with Gasteiger partial charge < -0.3 is 10.4 Å². The first-order valence-electron chi connectivity index (χ1n) is 5.94. The summed E-state index contributed by atoms with van der Waals surface area (Å²) in [4.78, 5) is 0. The standard InChI is InChI=1S/C13H16F3NO/c1-9-7-10(13(14,15)16)3-4-11(9)12(18)5-2-6-17-8-12/h3-4,7,17-18H,2,5-6,8H2,1H3. The number of halogens is 3. The Balaban J connectivity index is 2.35. The van der Waals surface area contributed by atoms with Gasteiger partial charge in [0.2, 0.25) is 0 Å². The molecule has 0 bridgehead atoms. The zero-order chi connectivity index (χ0) is 13.4. The summed E-state index contributed by atoms with van der Waals surface area (Å²) in [5.74, 6) is 0. The predicted molar refractivity (Wildman–Crippen MR) is 62.2 cm³/mol. The van der Waals surface area contributed by atoms with E-state index in [2.05, 4.69) is 5.32 Å². The van der Waals surface area contributed by atoms with Crippen molar-refractivity contribution < 1.29 is 18.3 Å². The molecule has 2 rings (SSSR count). The number of benzene rings is 1. The first-order valence-corrected chi connectivity index (χ1v) is 5.94. The van der Waals surface area contributed by atoms with Gasteiger partial charge in [-0.2, -0.15) is 13.2 Å². The number of aliphatic hydroxyl groups is 1. The fraction of sp³-hybridized carbons (Fsp3) is 0.538. The van der Waals surface area contributed by atoms with Crippen molar-refractivity contribution in [2.75, 3.05) is 13.1 Å². The molecule has 5 heteroatoms. The van der Waals surface area contributed by atoms with Crippen LogP contribution in [-0.4, -0.2) is 18.2 Å². The minimum atomic E-state index is -4.34. The zero-order valence-corrected chi connectivity index (χ0v) is 10.1. The Kier molecular flexibility index (Phi) is 3.38. The number of hydrogen-bond donors (Lipinski definition) is 2. The highest BCUT2D eigenvalue weighted by molar-refractivity contribution is 5.37.